The number of unbranched alkanes of at least 4 members (excludes halogenated alkanes) is 3. The number of rotatable bonds is 10. The van der Waals surface area contributed by atoms with Crippen LogP contribution >= 0.6 is 0 Å². The van der Waals surface area contributed by atoms with Crippen molar-refractivity contribution in [3.63, 3.8) is 0 Å². The van der Waals surface area contributed by atoms with Crippen LogP contribution in [0.15, 0.2) is 35.5 Å². The van der Waals surface area contributed by atoms with Crippen molar-refractivity contribution >= 4 is 22.8 Å². The molecule has 1 aromatic heterocycles. The first-order valence-corrected chi connectivity index (χ1v) is 9.31. The van der Waals surface area contributed by atoms with Crippen LogP contribution in [0.25, 0.3) is 10.9 Å². The summed E-state index contributed by atoms with van der Waals surface area (Å²) in [5.41, 5.74) is 2.49. The lowest BCUT2D eigenvalue weighted by Crippen LogP contribution is -2.38. The maximum atomic E-state index is 11.0. The molecule has 1 aromatic carbocycles. The molecule has 2 rings (SSSR count). The third-order valence-electron chi connectivity index (χ3n) is 4.41. The van der Waals surface area contributed by atoms with Crippen molar-refractivity contribution in [1.29, 1.82) is 0 Å². The van der Waals surface area contributed by atoms with Crippen LogP contribution in [0.2, 0.25) is 0 Å². The molecule has 3 N–H and O–H groups in total. The summed E-state index contributed by atoms with van der Waals surface area (Å²) in [6, 6.07) is 8.35. The number of methoxy groups -OCH3 is 1. The van der Waals surface area contributed by atoms with Crippen molar-refractivity contribution in [3.05, 3.63) is 36.0 Å². The van der Waals surface area contributed by atoms with Crippen LogP contribution in [-0.2, 0) is 16.0 Å². The minimum absolute atomic E-state index is 0.122. The van der Waals surface area contributed by atoms with Crippen LogP contribution in [0.3, 0.4) is 0 Å². The van der Waals surface area contributed by atoms with Gasteiger partial charge in [-0.2, -0.15) is 0 Å². The predicted molar refractivity (Wildman–Crippen MR) is 106 cm³/mol. The molecule has 0 bridgehead atoms. The maximum absolute atomic E-state index is 11.0. The number of hydrogen-bond acceptors (Lipinski definition) is 3. The number of aromatic nitrogens is 1. The van der Waals surface area contributed by atoms with Gasteiger partial charge in [0.25, 0.3) is 0 Å². The minimum atomic E-state index is -0.122. The summed E-state index contributed by atoms with van der Waals surface area (Å²) in [7, 11) is 3.22. The highest BCUT2D eigenvalue weighted by atomic mass is 16.5. The Bertz CT molecular complexity index is 709. The molecule has 6 nitrogen and oxygen atoms in total. The van der Waals surface area contributed by atoms with Crippen molar-refractivity contribution < 1.29 is 9.53 Å². The number of fused-ring (bicyclic) bond motifs is 1. The Morgan fingerprint density at radius 2 is 1.88 bits per heavy atom. The van der Waals surface area contributed by atoms with Crippen LogP contribution in [0.4, 0.5) is 0 Å². The molecule has 0 saturated carbocycles. The smallest absolute Gasteiger partial charge is 0.305 e. The number of aliphatic imine (C=N–C) groups is 1. The topological polar surface area (TPSA) is 78.5 Å². The number of hydrogen-bond donors (Lipinski definition) is 3. The second-order valence-corrected chi connectivity index (χ2v) is 6.28. The summed E-state index contributed by atoms with van der Waals surface area (Å²) < 4.78 is 4.63. The number of benzene rings is 1. The van der Waals surface area contributed by atoms with Gasteiger partial charge in [0, 0.05) is 43.7 Å². The zero-order chi connectivity index (χ0) is 18.6. The molecule has 6 heteroatoms. The largest absolute Gasteiger partial charge is 0.469 e. The van der Waals surface area contributed by atoms with Crippen LogP contribution < -0.4 is 10.6 Å². The van der Waals surface area contributed by atoms with Gasteiger partial charge in [-0.05, 0) is 30.9 Å². The second-order valence-electron chi connectivity index (χ2n) is 6.28. The summed E-state index contributed by atoms with van der Waals surface area (Å²) in [4.78, 5) is 18.6. The summed E-state index contributed by atoms with van der Waals surface area (Å²) in [5, 5.41) is 7.98. The van der Waals surface area contributed by atoms with Crippen LogP contribution in [0.5, 0.6) is 0 Å². The lowest BCUT2D eigenvalue weighted by Gasteiger charge is -2.11. The van der Waals surface area contributed by atoms with Crippen molar-refractivity contribution in [2.75, 3.05) is 27.2 Å². The molecule has 2 aromatic rings. The van der Waals surface area contributed by atoms with Gasteiger partial charge in [-0.3, -0.25) is 9.79 Å². The molecule has 0 radical (unpaired) electrons. The van der Waals surface area contributed by atoms with Gasteiger partial charge < -0.3 is 20.4 Å². The van der Waals surface area contributed by atoms with E-state index in [-0.39, 0.29) is 5.97 Å². The highest BCUT2D eigenvalue weighted by Gasteiger charge is 2.03. The number of esters is 1. The molecular formula is C20H30N4O2. The normalized spacial score (nSPS) is 11.5. The molecule has 0 aliphatic heterocycles. The van der Waals surface area contributed by atoms with Gasteiger partial charge in [-0.15, -0.1) is 0 Å². The van der Waals surface area contributed by atoms with Gasteiger partial charge in [-0.1, -0.05) is 31.0 Å². The average Bonchev–Trinajstić information content (AvgIpc) is 3.08. The number of carbonyl (C=O) groups excluding carboxylic acids is 1. The molecule has 0 unspecified atom stereocenters. The molecule has 0 fully saturated rings. The number of ether oxygens (including phenoxy) is 1. The molecule has 0 aliphatic carbocycles. The van der Waals surface area contributed by atoms with E-state index in [2.05, 4.69) is 49.7 Å². The van der Waals surface area contributed by atoms with E-state index in [1.54, 1.807) is 7.05 Å². The van der Waals surface area contributed by atoms with Gasteiger partial charge in [0.2, 0.25) is 0 Å². The zero-order valence-corrected chi connectivity index (χ0v) is 15.8. The fourth-order valence-corrected chi connectivity index (χ4v) is 2.93. The minimum Gasteiger partial charge on any atom is -0.469 e. The Morgan fingerprint density at radius 3 is 2.69 bits per heavy atom. The van der Waals surface area contributed by atoms with Gasteiger partial charge in [0.1, 0.15) is 0 Å². The maximum Gasteiger partial charge on any atom is 0.305 e. The Hall–Kier alpha value is -2.50. The van der Waals surface area contributed by atoms with Gasteiger partial charge in [-0.25, -0.2) is 0 Å². The highest BCUT2D eigenvalue weighted by Crippen LogP contribution is 2.17. The first-order chi connectivity index (χ1) is 12.7. The first-order valence-electron chi connectivity index (χ1n) is 9.31. The number of H-pyrrole nitrogens is 1. The molecule has 0 aliphatic rings. The third-order valence-corrected chi connectivity index (χ3v) is 4.41. The molecule has 0 saturated heterocycles. The summed E-state index contributed by atoms with van der Waals surface area (Å²) >= 11 is 0. The van der Waals surface area contributed by atoms with Gasteiger partial charge in [0.05, 0.1) is 7.11 Å². The molecule has 0 amide bonds. The zero-order valence-electron chi connectivity index (χ0n) is 15.8. The number of para-hydroxylation sites is 1. The second kappa shape index (κ2) is 11.2. The van der Waals surface area contributed by atoms with Crippen molar-refractivity contribution in [2.24, 2.45) is 4.99 Å². The van der Waals surface area contributed by atoms with Crippen LogP contribution in [-0.4, -0.2) is 44.2 Å². The van der Waals surface area contributed by atoms with E-state index in [0.29, 0.717) is 6.42 Å². The van der Waals surface area contributed by atoms with Crippen molar-refractivity contribution in [3.8, 4) is 0 Å². The highest BCUT2D eigenvalue weighted by molar-refractivity contribution is 5.83. The third kappa shape index (κ3) is 6.43. The summed E-state index contributed by atoms with van der Waals surface area (Å²) in [5.74, 6) is 0.710. The number of carbonyl (C=O) groups is 1. The molecular weight excluding hydrogens is 328 g/mol. The standard InChI is InChI=1S/C20H30N4O2/c1-21-20(22-13-8-4-3-5-11-19(25)26-2)23-14-12-16-15-24-18-10-7-6-9-17(16)18/h6-7,9-10,15,24H,3-5,8,11-14H2,1-2H3,(H2,21,22,23). The van der Waals surface area contributed by atoms with Crippen LogP contribution in [0, 0.1) is 0 Å². The van der Waals surface area contributed by atoms with E-state index in [9.17, 15) is 4.79 Å². The lowest BCUT2D eigenvalue weighted by atomic mass is 10.1. The number of aromatic amines is 1. The SMILES string of the molecule is CN=C(NCCCCCCC(=O)OC)NCCc1c[nH]c2ccccc12. The molecule has 1 heterocycles. The molecule has 0 atom stereocenters. The molecule has 142 valence electrons. The van der Waals surface area contributed by atoms with E-state index < -0.39 is 0 Å². The quantitative estimate of drug-likeness (QED) is 0.264. The van der Waals surface area contributed by atoms with E-state index in [4.69, 9.17) is 0 Å². The number of nitrogens with one attached hydrogen (secondary N) is 3. The van der Waals surface area contributed by atoms with E-state index in [0.717, 1.165) is 51.2 Å². The molecule has 0 spiro atoms. The van der Waals surface area contributed by atoms with E-state index >= 15 is 0 Å². The number of guanidine groups is 1. The Labute approximate surface area is 155 Å². The summed E-state index contributed by atoms with van der Waals surface area (Å²) in [6.45, 7) is 1.71. The Morgan fingerprint density at radius 1 is 1.12 bits per heavy atom. The first kappa shape index (κ1) is 19.8. The van der Waals surface area contributed by atoms with Crippen molar-refractivity contribution in [2.45, 2.75) is 38.5 Å². The average molecular weight is 358 g/mol. The fraction of sp³-hybridized carbons (Fsp3) is 0.500. The molecule has 26 heavy (non-hydrogen) atoms. The predicted octanol–water partition coefficient (Wildman–Crippen LogP) is 3.00. The van der Waals surface area contributed by atoms with E-state index in [1.165, 1.54) is 23.6 Å². The fourth-order valence-electron chi connectivity index (χ4n) is 2.93. The van der Waals surface area contributed by atoms with Gasteiger partial charge >= 0.3 is 5.97 Å². The summed E-state index contributed by atoms with van der Waals surface area (Å²) in [6.07, 6.45) is 7.63. The van der Waals surface area contributed by atoms with Gasteiger partial charge in [0.15, 0.2) is 5.96 Å². The monoisotopic (exact) mass is 358 g/mol. The number of nitrogens with zero attached hydrogens (tertiary/aromatic N) is 1. The lowest BCUT2D eigenvalue weighted by molar-refractivity contribution is -0.140. The Balaban J connectivity index is 1.59. The van der Waals surface area contributed by atoms with E-state index in [1.807, 2.05) is 6.07 Å². The van der Waals surface area contributed by atoms with Crippen LogP contribution in [0.1, 0.15) is 37.7 Å². The van der Waals surface area contributed by atoms with Crippen molar-refractivity contribution in [1.82, 2.24) is 15.6 Å². The Kier molecular flexibility index (Phi) is 8.52.